The highest BCUT2D eigenvalue weighted by Gasteiger charge is 2.30. The summed E-state index contributed by atoms with van der Waals surface area (Å²) in [6.45, 7) is 7.40. The number of nitrogens with one attached hydrogen (secondary N) is 2. The van der Waals surface area contributed by atoms with Crippen molar-refractivity contribution in [2.45, 2.75) is 39.3 Å². The van der Waals surface area contributed by atoms with Gasteiger partial charge in [-0.15, -0.1) is 11.3 Å². The number of para-hydroxylation sites is 1. The molecule has 0 amide bonds. The van der Waals surface area contributed by atoms with Crippen LogP contribution in [-0.2, 0) is 17.7 Å². The van der Waals surface area contributed by atoms with Gasteiger partial charge in [0, 0.05) is 23.7 Å². The van der Waals surface area contributed by atoms with Gasteiger partial charge in [0.15, 0.2) is 5.11 Å². The molecule has 0 saturated carbocycles. The molecule has 0 radical (unpaired) electrons. The number of anilines is 2. The highest BCUT2D eigenvalue weighted by Crippen LogP contribution is 2.38. The van der Waals surface area contributed by atoms with E-state index in [0.29, 0.717) is 10.7 Å². The molecule has 27 heavy (non-hydrogen) atoms. The van der Waals surface area contributed by atoms with Gasteiger partial charge in [-0.3, -0.25) is 0 Å². The minimum absolute atomic E-state index is 0.297. The Hall–Kier alpha value is -1.96. The number of nitrogens with zero attached hydrogens (tertiary/aromatic N) is 1. The largest absolute Gasteiger partial charge is 0.456 e. The molecule has 0 unspecified atom stereocenters. The first-order chi connectivity index (χ1) is 12.7. The number of hydrogen-bond donors (Lipinski definition) is 2. The van der Waals surface area contributed by atoms with E-state index in [1.54, 1.807) is 11.3 Å². The van der Waals surface area contributed by atoms with Crippen LogP contribution in [0.4, 0.5) is 10.7 Å². The van der Waals surface area contributed by atoms with Crippen LogP contribution in [0.15, 0.2) is 30.3 Å². The first-order valence-corrected chi connectivity index (χ1v) is 10.1. The lowest BCUT2D eigenvalue weighted by Crippen LogP contribution is -2.28. The summed E-state index contributed by atoms with van der Waals surface area (Å²) in [5.41, 5.74) is 2.06. The molecule has 2 heterocycles. The lowest BCUT2D eigenvalue weighted by Gasteiger charge is -2.24. The highest BCUT2D eigenvalue weighted by atomic mass is 32.1. The van der Waals surface area contributed by atoms with Crippen LogP contribution in [-0.4, -0.2) is 35.2 Å². The van der Waals surface area contributed by atoms with Gasteiger partial charge in [0.2, 0.25) is 0 Å². The van der Waals surface area contributed by atoms with Gasteiger partial charge in [0.1, 0.15) is 10.6 Å². The van der Waals surface area contributed by atoms with E-state index in [2.05, 4.69) is 22.6 Å². The molecule has 0 fully saturated rings. The number of ether oxygens (including phenoxy) is 1. The average Bonchev–Trinajstić information content (AvgIpc) is 2.90. The maximum Gasteiger partial charge on any atom is 0.341 e. The minimum Gasteiger partial charge on any atom is -0.456 e. The number of thiocarbonyl (C=S) groups is 1. The molecule has 2 aromatic rings. The second-order valence-electron chi connectivity index (χ2n) is 7.64. The van der Waals surface area contributed by atoms with Gasteiger partial charge in [-0.2, -0.15) is 0 Å². The molecular weight excluding hydrogens is 378 g/mol. The van der Waals surface area contributed by atoms with Crippen LogP contribution in [0.3, 0.4) is 0 Å². The molecular formula is C20H25N3O2S2. The SMILES string of the molecule is CN1CCc2c(sc(NC(=S)Nc3ccccc3)c2C(=O)OC(C)(C)C)C1. The third-order valence-electron chi connectivity index (χ3n) is 4.11. The van der Waals surface area contributed by atoms with Crippen LogP contribution in [0.25, 0.3) is 0 Å². The molecule has 0 bridgehead atoms. The maximum absolute atomic E-state index is 12.9. The summed E-state index contributed by atoms with van der Waals surface area (Å²) in [5, 5.41) is 7.58. The molecule has 0 spiro atoms. The Labute approximate surface area is 169 Å². The first kappa shape index (κ1) is 19.8. The van der Waals surface area contributed by atoms with Crippen molar-refractivity contribution in [2.75, 3.05) is 24.2 Å². The molecule has 7 heteroatoms. The van der Waals surface area contributed by atoms with Gasteiger partial charge in [0.25, 0.3) is 0 Å². The molecule has 0 saturated heterocycles. The van der Waals surface area contributed by atoms with Gasteiger partial charge >= 0.3 is 5.97 Å². The number of benzene rings is 1. The summed E-state index contributed by atoms with van der Waals surface area (Å²) in [6.07, 6.45) is 0.831. The molecule has 5 nitrogen and oxygen atoms in total. The third kappa shape index (κ3) is 5.06. The van der Waals surface area contributed by atoms with Crippen LogP contribution >= 0.6 is 23.6 Å². The summed E-state index contributed by atoms with van der Waals surface area (Å²) in [6, 6.07) is 9.72. The molecule has 144 valence electrons. The monoisotopic (exact) mass is 403 g/mol. The molecule has 0 aliphatic carbocycles. The molecule has 1 aromatic carbocycles. The van der Waals surface area contributed by atoms with Crippen molar-refractivity contribution >= 4 is 45.3 Å². The molecule has 3 rings (SSSR count). The summed E-state index contributed by atoms with van der Waals surface area (Å²) in [5.74, 6) is -0.297. The van der Waals surface area contributed by atoms with Crippen molar-refractivity contribution in [2.24, 2.45) is 0 Å². The van der Waals surface area contributed by atoms with Gasteiger partial charge in [0.05, 0.1) is 5.56 Å². The highest BCUT2D eigenvalue weighted by molar-refractivity contribution is 7.80. The van der Waals surface area contributed by atoms with E-state index >= 15 is 0 Å². The molecule has 2 N–H and O–H groups in total. The van der Waals surface area contributed by atoms with Crippen molar-refractivity contribution in [3.63, 3.8) is 0 Å². The van der Waals surface area contributed by atoms with E-state index in [1.807, 2.05) is 51.1 Å². The molecule has 1 aromatic heterocycles. The van der Waals surface area contributed by atoms with Crippen molar-refractivity contribution < 1.29 is 9.53 Å². The molecule has 0 atom stereocenters. The van der Waals surface area contributed by atoms with E-state index in [9.17, 15) is 4.79 Å². The maximum atomic E-state index is 12.9. The summed E-state index contributed by atoms with van der Waals surface area (Å²) >= 11 is 7.04. The van der Waals surface area contributed by atoms with E-state index in [1.165, 1.54) is 4.88 Å². The van der Waals surface area contributed by atoms with E-state index in [0.717, 1.165) is 35.8 Å². The van der Waals surface area contributed by atoms with Crippen LogP contribution in [0.1, 0.15) is 41.6 Å². The number of hydrogen-bond acceptors (Lipinski definition) is 5. The predicted octanol–water partition coefficient (Wildman–Crippen LogP) is 4.50. The fourth-order valence-electron chi connectivity index (χ4n) is 2.95. The predicted molar refractivity (Wildman–Crippen MR) is 116 cm³/mol. The van der Waals surface area contributed by atoms with Crippen LogP contribution < -0.4 is 10.6 Å². The third-order valence-corrected chi connectivity index (χ3v) is 5.45. The van der Waals surface area contributed by atoms with Crippen LogP contribution in [0.5, 0.6) is 0 Å². The van der Waals surface area contributed by atoms with Crippen molar-refractivity contribution in [3.8, 4) is 0 Å². The fraction of sp³-hybridized carbons (Fsp3) is 0.400. The lowest BCUT2D eigenvalue weighted by molar-refractivity contribution is 0.00696. The van der Waals surface area contributed by atoms with Gasteiger partial charge in [-0.05, 0) is 64.2 Å². The Bertz CT molecular complexity index is 841. The summed E-state index contributed by atoms with van der Waals surface area (Å²) in [4.78, 5) is 16.3. The number of carbonyl (C=O) groups excluding carboxylic acids is 1. The summed E-state index contributed by atoms with van der Waals surface area (Å²) < 4.78 is 5.67. The second-order valence-corrected chi connectivity index (χ2v) is 9.16. The molecule has 1 aliphatic heterocycles. The zero-order chi connectivity index (χ0) is 19.6. The van der Waals surface area contributed by atoms with Crippen molar-refractivity contribution in [1.29, 1.82) is 0 Å². The quantitative estimate of drug-likeness (QED) is 0.581. The Morgan fingerprint density at radius 3 is 2.59 bits per heavy atom. The Morgan fingerprint density at radius 1 is 1.22 bits per heavy atom. The fourth-order valence-corrected chi connectivity index (χ4v) is 4.56. The zero-order valence-corrected chi connectivity index (χ0v) is 17.7. The van der Waals surface area contributed by atoms with Crippen molar-refractivity contribution in [1.82, 2.24) is 4.90 Å². The smallest absolute Gasteiger partial charge is 0.341 e. The zero-order valence-electron chi connectivity index (χ0n) is 16.1. The van der Waals surface area contributed by atoms with Crippen LogP contribution in [0, 0.1) is 0 Å². The van der Waals surface area contributed by atoms with Crippen molar-refractivity contribution in [3.05, 3.63) is 46.3 Å². The average molecular weight is 404 g/mol. The lowest BCUT2D eigenvalue weighted by atomic mass is 10.0. The van der Waals surface area contributed by atoms with E-state index < -0.39 is 5.60 Å². The van der Waals surface area contributed by atoms with Gasteiger partial charge in [-0.1, -0.05) is 18.2 Å². The number of esters is 1. The Morgan fingerprint density at radius 2 is 1.93 bits per heavy atom. The topological polar surface area (TPSA) is 53.6 Å². The number of rotatable bonds is 3. The van der Waals surface area contributed by atoms with E-state index in [4.69, 9.17) is 17.0 Å². The Balaban J connectivity index is 1.87. The number of carbonyl (C=O) groups is 1. The number of likely N-dealkylation sites (N-methyl/N-ethyl adjacent to an activating group) is 1. The minimum atomic E-state index is -0.544. The second kappa shape index (κ2) is 7.96. The summed E-state index contributed by atoms with van der Waals surface area (Å²) in [7, 11) is 2.09. The van der Waals surface area contributed by atoms with E-state index in [-0.39, 0.29) is 5.97 Å². The molecule has 1 aliphatic rings. The van der Waals surface area contributed by atoms with Crippen LogP contribution in [0.2, 0.25) is 0 Å². The standard InChI is InChI=1S/C20H25N3O2S2/c1-20(2,3)25-18(24)16-14-10-11-23(4)12-15(14)27-17(16)22-19(26)21-13-8-6-5-7-9-13/h5-9H,10-12H2,1-4H3,(H2,21,22,26). The van der Waals surface area contributed by atoms with Gasteiger partial charge in [-0.25, -0.2) is 4.79 Å². The normalized spacial score (nSPS) is 14.4. The Kier molecular flexibility index (Phi) is 5.83. The van der Waals surface area contributed by atoms with Gasteiger partial charge < -0.3 is 20.3 Å². The number of thiophene rings is 1. The first-order valence-electron chi connectivity index (χ1n) is 8.92. The number of fused-ring (bicyclic) bond motifs is 1.